The van der Waals surface area contributed by atoms with Crippen molar-refractivity contribution < 1.29 is 24.1 Å². The lowest BCUT2D eigenvalue weighted by Gasteiger charge is -2.23. The number of nitrogens with zero attached hydrogens (tertiary/aromatic N) is 1. The molecule has 1 N–H and O–H groups in total. The molecule has 0 saturated heterocycles. The zero-order valence-corrected chi connectivity index (χ0v) is 19.7. The highest BCUT2D eigenvalue weighted by Crippen LogP contribution is 2.41. The van der Waals surface area contributed by atoms with Gasteiger partial charge in [-0.25, -0.2) is 0 Å². The smallest absolute Gasteiger partial charge is 0.203 e. The number of benzene rings is 2. The molecule has 4 rings (SSSR count). The van der Waals surface area contributed by atoms with E-state index in [4.69, 9.17) is 18.9 Å². The Labute approximate surface area is 195 Å². The molecule has 1 aliphatic rings. The van der Waals surface area contributed by atoms with Gasteiger partial charge in [0.1, 0.15) is 0 Å². The predicted octanol–water partition coefficient (Wildman–Crippen LogP) is 5.91. The van der Waals surface area contributed by atoms with Gasteiger partial charge in [-0.05, 0) is 66.8 Å². The highest BCUT2D eigenvalue weighted by Gasteiger charge is 2.19. The molecule has 0 atom stereocenters. The number of hydrogen-bond donors (Lipinski definition) is 1. The maximum atomic E-state index is 10.6. The average molecular weight is 452 g/mol. The third kappa shape index (κ3) is 5.10. The van der Waals surface area contributed by atoms with Crippen LogP contribution in [-0.4, -0.2) is 37.5 Å². The minimum Gasteiger partial charge on any atom is -0.504 e. The molecule has 1 heterocycles. The van der Waals surface area contributed by atoms with E-state index < -0.39 is 0 Å². The van der Waals surface area contributed by atoms with E-state index in [2.05, 4.69) is 4.98 Å². The molecule has 1 aromatic heterocycles. The minimum atomic E-state index is 0.116. The molecule has 176 valence electrons. The second-order valence-corrected chi connectivity index (χ2v) is 8.56. The number of ether oxygens (including phenoxy) is 4. The molecule has 2 aromatic carbocycles. The van der Waals surface area contributed by atoms with E-state index in [1.54, 1.807) is 26.5 Å². The Morgan fingerprint density at radius 3 is 2.30 bits per heavy atom. The average Bonchev–Trinajstić information content (AvgIpc) is 2.85. The van der Waals surface area contributed by atoms with Gasteiger partial charge >= 0.3 is 0 Å². The molecule has 6 heteroatoms. The van der Waals surface area contributed by atoms with E-state index in [-0.39, 0.29) is 5.75 Å². The van der Waals surface area contributed by atoms with Crippen LogP contribution in [0.1, 0.15) is 50.2 Å². The Morgan fingerprint density at radius 1 is 0.909 bits per heavy atom. The van der Waals surface area contributed by atoms with Gasteiger partial charge < -0.3 is 24.1 Å². The van der Waals surface area contributed by atoms with Crippen molar-refractivity contribution in [1.82, 2.24) is 4.98 Å². The summed E-state index contributed by atoms with van der Waals surface area (Å²) in [6, 6.07) is 7.75. The standard InChI is InChI=1S/C27H33NO5/c1-4-32-23-11-10-21-20(15-28-16-22(21)26(23)29)12-19-13-24(30-2)27(25(14-19)31-3)33-17-18-8-6-5-7-9-18/h10-11,13-16,18,29H,4-9,12,17H2,1-3H3. The molecule has 0 spiro atoms. The van der Waals surface area contributed by atoms with Crippen molar-refractivity contribution in [3.05, 3.63) is 47.8 Å². The Kier molecular flexibility index (Phi) is 7.43. The zero-order chi connectivity index (χ0) is 23.2. The third-order valence-corrected chi connectivity index (χ3v) is 6.36. The van der Waals surface area contributed by atoms with Gasteiger partial charge in [-0.15, -0.1) is 0 Å². The first-order valence-corrected chi connectivity index (χ1v) is 11.7. The Bertz CT molecular complexity index is 1070. The number of aromatic hydroxyl groups is 1. The number of fused-ring (bicyclic) bond motifs is 1. The van der Waals surface area contributed by atoms with Crippen LogP contribution in [0.2, 0.25) is 0 Å². The minimum absolute atomic E-state index is 0.116. The van der Waals surface area contributed by atoms with E-state index >= 15 is 0 Å². The quantitative estimate of drug-likeness (QED) is 0.436. The maximum absolute atomic E-state index is 10.6. The van der Waals surface area contributed by atoms with Gasteiger partial charge in [0, 0.05) is 17.8 Å². The number of pyridine rings is 1. The normalized spacial score (nSPS) is 14.3. The summed E-state index contributed by atoms with van der Waals surface area (Å²) in [6.07, 6.45) is 10.4. The maximum Gasteiger partial charge on any atom is 0.203 e. The van der Waals surface area contributed by atoms with E-state index in [1.807, 2.05) is 31.3 Å². The number of hydrogen-bond acceptors (Lipinski definition) is 6. The summed E-state index contributed by atoms with van der Waals surface area (Å²) in [6.45, 7) is 3.06. The van der Waals surface area contributed by atoms with E-state index in [0.717, 1.165) is 16.5 Å². The third-order valence-electron chi connectivity index (χ3n) is 6.36. The van der Waals surface area contributed by atoms with Gasteiger partial charge in [-0.1, -0.05) is 25.3 Å². The van der Waals surface area contributed by atoms with Crippen molar-refractivity contribution in [2.24, 2.45) is 5.92 Å². The fourth-order valence-electron chi connectivity index (χ4n) is 4.64. The van der Waals surface area contributed by atoms with Crippen LogP contribution >= 0.6 is 0 Å². The van der Waals surface area contributed by atoms with Crippen LogP contribution in [0.25, 0.3) is 10.8 Å². The molecular formula is C27H33NO5. The number of aromatic nitrogens is 1. The molecule has 33 heavy (non-hydrogen) atoms. The number of phenolic OH excluding ortho intramolecular Hbond substituents is 1. The first-order valence-electron chi connectivity index (χ1n) is 11.7. The lowest BCUT2D eigenvalue weighted by Crippen LogP contribution is -2.16. The predicted molar refractivity (Wildman–Crippen MR) is 129 cm³/mol. The number of phenols is 1. The second-order valence-electron chi connectivity index (χ2n) is 8.56. The van der Waals surface area contributed by atoms with Crippen LogP contribution < -0.4 is 18.9 Å². The van der Waals surface area contributed by atoms with E-state index in [9.17, 15) is 5.11 Å². The summed E-state index contributed by atoms with van der Waals surface area (Å²) in [5, 5.41) is 12.2. The molecule has 6 nitrogen and oxygen atoms in total. The molecule has 0 amide bonds. The molecule has 0 radical (unpaired) electrons. The molecule has 0 aliphatic heterocycles. The Balaban J connectivity index is 1.61. The summed E-state index contributed by atoms with van der Waals surface area (Å²) in [4.78, 5) is 4.35. The van der Waals surface area contributed by atoms with Gasteiger partial charge in [-0.2, -0.15) is 0 Å². The van der Waals surface area contributed by atoms with Gasteiger partial charge in [0.2, 0.25) is 5.75 Å². The van der Waals surface area contributed by atoms with Crippen LogP contribution in [0.5, 0.6) is 28.7 Å². The first kappa shape index (κ1) is 23.0. The van der Waals surface area contributed by atoms with Crippen LogP contribution in [0.15, 0.2) is 36.7 Å². The molecule has 1 saturated carbocycles. The Morgan fingerprint density at radius 2 is 1.64 bits per heavy atom. The molecule has 1 fully saturated rings. The SMILES string of the molecule is CCOc1ccc2c(Cc3cc(OC)c(OCC4CCCCC4)c(OC)c3)cncc2c1O. The van der Waals surface area contributed by atoms with Crippen molar-refractivity contribution >= 4 is 10.8 Å². The topological polar surface area (TPSA) is 70.0 Å². The van der Waals surface area contributed by atoms with Gasteiger partial charge in [0.15, 0.2) is 23.0 Å². The van der Waals surface area contributed by atoms with Crippen molar-refractivity contribution in [2.75, 3.05) is 27.4 Å². The summed E-state index contributed by atoms with van der Waals surface area (Å²) in [5.41, 5.74) is 2.00. The lowest BCUT2D eigenvalue weighted by atomic mass is 9.90. The second kappa shape index (κ2) is 10.6. The van der Waals surface area contributed by atoms with Crippen LogP contribution in [0, 0.1) is 5.92 Å². The molecule has 1 aliphatic carbocycles. The first-order chi connectivity index (χ1) is 16.1. The molecule has 0 unspecified atom stereocenters. The van der Waals surface area contributed by atoms with E-state index in [0.29, 0.717) is 53.9 Å². The summed E-state index contributed by atoms with van der Waals surface area (Å²) >= 11 is 0. The fraction of sp³-hybridized carbons (Fsp3) is 0.444. The summed E-state index contributed by atoms with van der Waals surface area (Å²) in [7, 11) is 3.30. The van der Waals surface area contributed by atoms with Crippen molar-refractivity contribution in [3.63, 3.8) is 0 Å². The molecule has 0 bridgehead atoms. The van der Waals surface area contributed by atoms with Crippen molar-refractivity contribution in [3.8, 4) is 28.7 Å². The van der Waals surface area contributed by atoms with E-state index in [1.165, 1.54) is 32.1 Å². The Hall–Kier alpha value is -3.15. The monoisotopic (exact) mass is 451 g/mol. The van der Waals surface area contributed by atoms with Gasteiger partial charge in [-0.3, -0.25) is 4.98 Å². The van der Waals surface area contributed by atoms with Gasteiger partial charge in [0.05, 0.1) is 27.4 Å². The summed E-state index contributed by atoms with van der Waals surface area (Å²) < 4.78 is 23.1. The van der Waals surface area contributed by atoms with Crippen LogP contribution in [0.4, 0.5) is 0 Å². The largest absolute Gasteiger partial charge is 0.504 e. The number of methoxy groups -OCH3 is 2. The van der Waals surface area contributed by atoms with Crippen LogP contribution in [0.3, 0.4) is 0 Å². The van der Waals surface area contributed by atoms with Gasteiger partial charge in [0.25, 0.3) is 0 Å². The fourth-order valence-corrected chi connectivity index (χ4v) is 4.64. The van der Waals surface area contributed by atoms with Crippen molar-refractivity contribution in [1.29, 1.82) is 0 Å². The summed E-state index contributed by atoms with van der Waals surface area (Å²) in [5.74, 6) is 3.15. The highest BCUT2D eigenvalue weighted by molar-refractivity contribution is 5.92. The lowest BCUT2D eigenvalue weighted by molar-refractivity contribution is 0.195. The number of rotatable bonds is 9. The zero-order valence-electron chi connectivity index (χ0n) is 19.7. The molecule has 3 aromatic rings. The van der Waals surface area contributed by atoms with Crippen LogP contribution in [-0.2, 0) is 6.42 Å². The van der Waals surface area contributed by atoms with Crippen molar-refractivity contribution in [2.45, 2.75) is 45.4 Å². The molecular weight excluding hydrogens is 418 g/mol. The highest BCUT2D eigenvalue weighted by atomic mass is 16.5.